The minimum atomic E-state index is 0.148. The number of nitrogens with two attached hydrogens (primary N) is 1. The third kappa shape index (κ3) is 2.85. The van der Waals surface area contributed by atoms with Crippen molar-refractivity contribution in [3.8, 4) is 0 Å². The lowest BCUT2D eigenvalue weighted by atomic mass is 10.1. The largest absolute Gasteiger partial charge is 0.399 e. The van der Waals surface area contributed by atoms with Crippen molar-refractivity contribution in [1.82, 2.24) is 4.98 Å². The molecular weight excluding hydrogens is 250 g/mol. The molecule has 0 radical (unpaired) electrons. The van der Waals surface area contributed by atoms with E-state index in [9.17, 15) is 5.11 Å². The molecule has 1 heterocycles. The molecule has 4 heteroatoms. The van der Waals surface area contributed by atoms with Crippen molar-refractivity contribution in [3.63, 3.8) is 0 Å². The van der Waals surface area contributed by atoms with Crippen LogP contribution in [0, 0.1) is 0 Å². The van der Waals surface area contributed by atoms with Gasteiger partial charge in [0.15, 0.2) is 0 Å². The van der Waals surface area contributed by atoms with Crippen LogP contribution in [0.25, 0.3) is 10.9 Å². The molecule has 0 spiro atoms. The summed E-state index contributed by atoms with van der Waals surface area (Å²) in [6.07, 6.45) is 3.91. The first-order chi connectivity index (χ1) is 9.71. The first-order valence-corrected chi connectivity index (χ1v) is 7.23. The molecule has 1 aromatic carbocycles. The Kier molecular flexibility index (Phi) is 4.79. The average molecular weight is 273 g/mol. The molecule has 4 nitrogen and oxygen atoms in total. The lowest BCUT2D eigenvalue weighted by Crippen LogP contribution is -2.36. The summed E-state index contributed by atoms with van der Waals surface area (Å²) in [5.41, 5.74) is 8.57. The maximum atomic E-state index is 9.38. The number of nitrogens with zero attached hydrogens (tertiary/aromatic N) is 2. The normalized spacial score (nSPS) is 11.2. The molecule has 0 aliphatic carbocycles. The van der Waals surface area contributed by atoms with Gasteiger partial charge in [0.05, 0.1) is 12.1 Å². The molecule has 3 N–H and O–H groups in total. The van der Waals surface area contributed by atoms with Gasteiger partial charge in [-0.15, -0.1) is 0 Å². The van der Waals surface area contributed by atoms with E-state index < -0.39 is 0 Å². The second-order valence-electron chi connectivity index (χ2n) is 4.99. The molecular formula is C16H23N3O. The first kappa shape index (κ1) is 14.6. The second kappa shape index (κ2) is 6.57. The molecule has 0 saturated carbocycles. The Morgan fingerprint density at radius 1 is 1.25 bits per heavy atom. The van der Waals surface area contributed by atoms with E-state index in [0.29, 0.717) is 12.6 Å². The van der Waals surface area contributed by atoms with Crippen LogP contribution >= 0.6 is 0 Å². The summed E-state index contributed by atoms with van der Waals surface area (Å²) in [7, 11) is 0. The van der Waals surface area contributed by atoms with Gasteiger partial charge < -0.3 is 15.7 Å². The fourth-order valence-electron chi connectivity index (χ4n) is 2.74. The summed E-state index contributed by atoms with van der Waals surface area (Å²) in [5.74, 6) is 0. The van der Waals surface area contributed by atoms with Crippen LogP contribution in [0.2, 0.25) is 0 Å². The topological polar surface area (TPSA) is 62.4 Å². The Hall–Kier alpha value is -1.81. The van der Waals surface area contributed by atoms with Crippen molar-refractivity contribution in [2.45, 2.75) is 32.7 Å². The highest BCUT2D eigenvalue weighted by molar-refractivity contribution is 5.93. The van der Waals surface area contributed by atoms with E-state index in [-0.39, 0.29) is 6.61 Å². The predicted octanol–water partition coefficient (Wildman–Crippen LogP) is 2.80. The zero-order valence-electron chi connectivity index (χ0n) is 12.2. The molecule has 0 amide bonds. The summed E-state index contributed by atoms with van der Waals surface area (Å²) in [4.78, 5) is 6.67. The average Bonchev–Trinajstić information content (AvgIpc) is 2.46. The minimum Gasteiger partial charge on any atom is -0.399 e. The number of benzene rings is 1. The highest BCUT2D eigenvalue weighted by Gasteiger charge is 2.17. The van der Waals surface area contributed by atoms with Gasteiger partial charge in [0.1, 0.15) is 0 Å². The Bertz CT molecular complexity index is 567. The number of aliphatic hydroxyl groups is 1. The van der Waals surface area contributed by atoms with Crippen LogP contribution in [-0.4, -0.2) is 29.3 Å². The minimum absolute atomic E-state index is 0.148. The van der Waals surface area contributed by atoms with Crippen molar-refractivity contribution in [2.75, 3.05) is 23.8 Å². The smallest absolute Gasteiger partial charge is 0.0743 e. The van der Waals surface area contributed by atoms with Gasteiger partial charge in [0.2, 0.25) is 0 Å². The summed E-state index contributed by atoms with van der Waals surface area (Å²) < 4.78 is 0. The Morgan fingerprint density at radius 2 is 2.00 bits per heavy atom. The second-order valence-corrected chi connectivity index (χ2v) is 4.99. The van der Waals surface area contributed by atoms with Crippen LogP contribution < -0.4 is 10.6 Å². The Labute approximate surface area is 120 Å². The molecule has 0 bridgehead atoms. The molecule has 20 heavy (non-hydrogen) atoms. The number of hydrogen-bond donors (Lipinski definition) is 2. The van der Waals surface area contributed by atoms with E-state index in [0.717, 1.165) is 35.1 Å². The molecule has 0 fully saturated rings. The van der Waals surface area contributed by atoms with Crippen molar-refractivity contribution in [3.05, 3.63) is 30.5 Å². The van der Waals surface area contributed by atoms with Gasteiger partial charge in [-0.3, -0.25) is 4.98 Å². The lowest BCUT2D eigenvalue weighted by molar-refractivity contribution is 0.296. The Morgan fingerprint density at radius 3 is 2.65 bits per heavy atom. The van der Waals surface area contributed by atoms with Crippen molar-refractivity contribution >= 4 is 22.3 Å². The highest BCUT2D eigenvalue weighted by Crippen LogP contribution is 2.29. The van der Waals surface area contributed by atoms with Crippen LogP contribution in [0.15, 0.2) is 30.5 Å². The summed E-state index contributed by atoms with van der Waals surface area (Å²) >= 11 is 0. The van der Waals surface area contributed by atoms with Gasteiger partial charge in [-0.05, 0) is 37.1 Å². The number of nitrogen functional groups attached to an aromatic ring is 1. The highest BCUT2D eigenvalue weighted by atomic mass is 16.3. The molecule has 0 atom stereocenters. The lowest BCUT2D eigenvalue weighted by Gasteiger charge is -2.33. The van der Waals surface area contributed by atoms with E-state index in [2.05, 4.69) is 23.7 Å². The number of hydrogen-bond acceptors (Lipinski definition) is 4. The number of pyridine rings is 1. The number of rotatable bonds is 6. The standard InChI is InChI=1S/C16H23N3O/c1-3-13(4-2)19(9-10-20)16-7-8-18-15-11-12(17)5-6-14(15)16/h5-8,11,13,20H,3-4,9-10,17H2,1-2H3. The van der Waals surface area contributed by atoms with Gasteiger partial charge in [-0.1, -0.05) is 13.8 Å². The summed E-state index contributed by atoms with van der Waals surface area (Å²) in [5, 5.41) is 10.5. The van der Waals surface area contributed by atoms with Crippen LogP contribution in [0.4, 0.5) is 11.4 Å². The maximum Gasteiger partial charge on any atom is 0.0743 e. The van der Waals surface area contributed by atoms with Crippen molar-refractivity contribution < 1.29 is 5.11 Å². The van der Waals surface area contributed by atoms with Gasteiger partial charge >= 0.3 is 0 Å². The van der Waals surface area contributed by atoms with E-state index in [4.69, 9.17) is 5.73 Å². The van der Waals surface area contributed by atoms with Gasteiger partial charge in [-0.2, -0.15) is 0 Å². The fourth-order valence-corrected chi connectivity index (χ4v) is 2.74. The van der Waals surface area contributed by atoms with Crippen LogP contribution in [0.5, 0.6) is 0 Å². The first-order valence-electron chi connectivity index (χ1n) is 7.23. The molecule has 108 valence electrons. The molecule has 0 aliphatic rings. The molecule has 0 unspecified atom stereocenters. The van der Waals surface area contributed by atoms with E-state index >= 15 is 0 Å². The zero-order chi connectivity index (χ0) is 14.5. The quantitative estimate of drug-likeness (QED) is 0.794. The third-order valence-electron chi connectivity index (χ3n) is 3.78. The van der Waals surface area contributed by atoms with Crippen LogP contribution in [0.1, 0.15) is 26.7 Å². The van der Waals surface area contributed by atoms with E-state index in [1.54, 1.807) is 0 Å². The number of aliphatic hydroxyl groups excluding tert-OH is 1. The molecule has 1 aromatic heterocycles. The number of aromatic nitrogens is 1. The van der Waals surface area contributed by atoms with Crippen LogP contribution in [0.3, 0.4) is 0 Å². The monoisotopic (exact) mass is 273 g/mol. The number of fused-ring (bicyclic) bond motifs is 1. The maximum absolute atomic E-state index is 9.38. The summed E-state index contributed by atoms with van der Waals surface area (Å²) in [6.45, 7) is 5.14. The van der Waals surface area contributed by atoms with Gasteiger partial charge in [-0.25, -0.2) is 0 Å². The van der Waals surface area contributed by atoms with Gasteiger partial charge in [0.25, 0.3) is 0 Å². The molecule has 2 aromatic rings. The third-order valence-corrected chi connectivity index (χ3v) is 3.78. The molecule has 0 aliphatic heterocycles. The van der Waals surface area contributed by atoms with Crippen molar-refractivity contribution in [1.29, 1.82) is 0 Å². The number of anilines is 2. The molecule has 2 rings (SSSR count). The molecule has 0 saturated heterocycles. The van der Waals surface area contributed by atoms with Crippen LogP contribution in [-0.2, 0) is 0 Å². The zero-order valence-corrected chi connectivity index (χ0v) is 12.2. The Balaban J connectivity index is 2.52. The SMILES string of the molecule is CCC(CC)N(CCO)c1ccnc2cc(N)ccc12. The fraction of sp³-hybridized carbons (Fsp3) is 0.438. The summed E-state index contributed by atoms with van der Waals surface area (Å²) in [6, 6.07) is 8.25. The van der Waals surface area contributed by atoms with E-state index in [1.807, 2.05) is 30.5 Å². The van der Waals surface area contributed by atoms with Gasteiger partial charge in [0, 0.05) is 35.5 Å². The predicted molar refractivity (Wildman–Crippen MR) is 85.0 cm³/mol. The van der Waals surface area contributed by atoms with Crippen molar-refractivity contribution in [2.24, 2.45) is 0 Å². The van der Waals surface area contributed by atoms with E-state index in [1.165, 1.54) is 0 Å².